The van der Waals surface area contributed by atoms with Gasteiger partial charge in [-0.3, -0.25) is 15.6 Å². The number of nitrogens with one attached hydrogen (secondary N) is 2. The van der Waals surface area contributed by atoms with Gasteiger partial charge in [0.2, 0.25) is 0 Å². The van der Waals surface area contributed by atoms with E-state index in [1.54, 1.807) is 36.4 Å². The Balaban J connectivity index is 1.56. The second-order valence-electron chi connectivity index (χ2n) is 7.93. The molecular formula is C27H27N3O2. The van der Waals surface area contributed by atoms with E-state index in [9.17, 15) is 4.79 Å². The summed E-state index contributed by atoms with van der Waals surface area (Å²) in [7, 11) is 0. The largest absolute Gasteiger partial charge is 0.489 e. The van der Waals surface area contributed by atoms with Gasteiger partial charge in [0.1, 0.15) is 12.4 Å². The summed E-state index contributed by atoms with van der Waals surface area (Å²) < 4.78 is 6.07. The topological polar surface area (TPSA) is 74.2 Å². The van der Waals surface area contributed by atoms with E-state index in [4.69, 9.17) is 10.00 Å². The average molecular weight is 426 g/mol. The lowest BCUT2D eigenvalue weighted by Gasteiger charge is -2.15. The number of nitriles is 1. The van der Waals surface area contributed by atoms with Gasteiger partial charge in [-0.2, -0.15) is 5.26 Å². The first-order valence-electron chi connectivity index (χ1n) is 10.5. The number of benzene rings is 3. The first kappa shape index (κ1) is 22.6. The minimum absolute atomic E-state index is 0.270. The van der Waals surface area contributed by atoms with Crippen LogP contribution in [0.25, 0.3) is 5.70 Å². The number of amides is 1. The van der Waals surface area contributed by atoms with Crippen LogP contribution < -0.4 is 15.6 Å². The van der Waals surface area contributed by atoms with Crippen molar-refractivity contribution in [2.75, 3.05) is 0 Å². The zero-order valence-electron chi connectivity index (χ0n) is 18.6. The molecule has 0 aliphatic heterocycles. The molecule has 0 aliphatic rings. The molecule has 0 aromatic heterocycles. The van der Waals surface area contributed by atoms with Gasteiger partial charge in [-0.25, -0.2) is 0 Å². The second kappa shape index (κ2) is 10.3. The molecule has 3 aromatic rings. The number of hydrazine groups is 1. The number of nitrogens with zero attached hydrogens (tertiary/aromatic N) is 1. The molecule has 2 N–H and O–H groups in total. The van der Waals surface area contributed by atoms with Crippen molar-refractivity contribution in [1.82, 2.24) is 10.9 Å². The van der Waals surface area contributed by atoms with E-state index < -0.39 is 0 Å². The fourth-order valence-electron chi connectivity index (χ4n) is 3.18. The summed E-state index contributed by atoms with van der Waals surface area (Å²) in [5.74, 6) is 1.00. The summed E-state index contributed by atoms with van der Waals surface area (Å²) in [6, 6.07) is 22.6. The molecule has 0 spiro atoms. The predicted octanol–water partition coefficient (Wildman–Crippen LogP) is 5.47. The minimum Gasteiger partial charge on any atom is -0.489 e. The van der Waals surface area contributed by atoms with Crippen LogP contribution >= 0.6 is 0 Å². The van der Waals surface area contributed by atoms with E-state index in [-0.39, 0.29) is 5.91 Å². The first-order chi connectivity index (χ1) is 15.4. The zero-order valence-corrected chi connectivity index (χ0v) is 18.6. The first-order valence-corrected chi connectivity index (χ1v) is 10.5. The van der Waals surface area contributed by atoms with E-state index in [1.807, 2.05) is 12.1 Å². The third kappa shape index (κ3) is 5.77. The van der Waals surface area contributed by atoms with Gasteiger partial charge in [0.15, 0.2) is 0 Å². The highest BCUT2D eigenvalue weighted by Crippen LogP contribution is 2.28. The lowest BCUT2D eigenvalue weighted by molar-refractivity contribution is 0.0942. The Bertz CT molecular complexity index is 1140. The van der Waals surface area contributed by atoms with Gasteiger partial charge in [-0.15, -0.1) is 0 Å². The number of ether oxygens (including phenoxy) is 1. The van der Waals surface area contributed by atoms with Crippen LogP contribution in [0.5, 0.6) is 5.75 Å². The van der Waals surface area contributed by atoms with Crippen molar-refractivity contribution in [2.24, 2.45) is 0 Å². The van der Waals surface area contributed by atoms with E-state index in [1.165, 1.54) is 5.56 Å². The summed E-state index contributed by atoms with van der Waals surface area (Å²) in [5.41, 5.74) is 11.2. The maximum Gasteiger partial charge on any atom is 0.269 e. The highest BCUT2D eigenvalue weighted by Gasteiger charge is 2.10. The minimum atomic E-state index is -0.270. The van der Waals surface area contributed by atoms with Gasteiger partial charge in [0, 0.05) is 5.56 Å². The standard InChI is InChI=1S/C27H27N3O2/c1-18(2)25-14-5-19(3)15-26(25)32-17-22-8-12-24(13-9-22)27(31)30-29-20(4)23-10-6-21(16-28)7-11-23/h5-15,18,29H,4,17H2,1-3H3,(H,30,31). The highest BCUT2D eigenvalue weighted by molar-refractivity contribution is 5.94. The molecule has 0 fully saturated rings. The molecule has 3 rings (SSSR count). The number of hydrogen-bond acceptors (Lipinski definition) is 4. The SMILES string of the molecule is C=C(NNC(=O)c1ccc(COc2cc(C)ccc2C(C)C)cc1)c1ccc(C#N)cc1. The quantitative estimate of drug-likeness (QED) is 0.469. The fraction of sp³-hybridized carbons (Fsp3) is 0.185. The Morgan fingerprint density at radius 2 is 1.66 bits per heavy atom. The van der Waals surface area contributed by atoms with Crippen molar-refractivity contribution in [3.63, 3.8) is 0 Å². The molecule has 162 valence electrons. The summed E-state index contributed by atoms with van der Waals surface area (Å²) in [6.45, 7) is 10.7. The van der Waals surface area contributed by atoms with Crippen LogP contribution in [0.1, 0.15) is 57.9 Å². The normalized spacial score (nSPS) is 10.3. The maximum atomic E-state index is 12.4. The van der Waals surface area contributed by atoms with Crippen molar-refractivity contribution in [3.8, 4) is 11.8 Å². The molecule has 0 saturated heterocycles. The molecule has 0 radical (unpaired) electrons. The summed E-state index contributed by atoms with van der Waals surface area (Å²) in [5, 5.41) is 8.87. The molecule has 0 aliphatic carbocycles. The van der Waals surface area contributed by atoms with Gasteiger partial charge >= 0.3 is 0 Å². The van der Waals surface area contributed by atoms with E-state index in [0.29, 0.717) is 29.3 Å². The monoisotopic (exact) mass is 425 g/mol. The molecule has 5 nitrogen and oxygen atoms in total. The van der Waals surface area contributed by atoms with Crippen LogP contribution in [0.3, 0.4) is 0 Å². The van der Waals surface area contributed by atoms with Crippen molar-refractivity contribution >= 4 is 11.6 Å². The summed E-state index contributed by atoms with van der Waals surface area (Å²) >= 11 is 0. The van der Waals surface area contributed by atoms with Crippen LogP contribution in [0, 0.1) is 18.3 Å². The van der Waals surface area contributed by atoms with Gasteiger partial charge in [-0.05, 0) is 65.4 Å². The Hall–Kier alpha value is -4.04. The number of aryl methyl sites for hydroxylation is 1. The molecule has 0 heterocycles. The third-order valence-corrected chi connectivity index (χ3v) is 5.09. The van der Waals surface area contributed by atoms with E-state index in [0.717, 1.165) is 22.4 Å². The molecule has 0 unspecified atom stereocenters. The van der Waals surface area contributed by atoms with Gasteiger partial charge < -0.3 is 4.74 Å². The molecule has 3 aromatic carbocycles. The van der Waals surface area contributed by atoms with Gasteiger partial charge in [0.25, 0.3) is 5.91 Å². The molecule has 0 saturated carbocycles. The zero-order chi connectivity index (χ0) is 23.1. The van der Waals surface area contributed by atoms with Crippen LogP contribution in [0.4, 0.5) is 0 Å². The second-order valence-corrected chi connectivity index (χ2v) is 7.93. The number of rotatable bonds is 8. The van der Waals surface area contributed by atoms with E-state index in [2.05, 4.69) is 62.5 Å². The molecule has 0 bridgehead atoms. The van der Waals surface area contributed by atoms with Crippen LogP contribution in [-0.4, -0.2) is 5.91 Å². The lowest BCUT2D eigenvalue weighted by Crippen LogP contribution is -2.35. The Morgan fingerprint density at radius 3 is 2.28 bits per heavy atom. The summed E-state index contributed by atoms with van der Waals surface area (Å²) in [4.78, 5) is 12.4. The van der Waals surface area contributed by atoms with E-state index >= 15 is 0 Å². The summed E-state index contributed by atoms with van der Waals surface area (Å²) in [6.07, 6.45) is 0. The van der Waals surface area contributed by atoms with Crippen molar-refractivity contribution in [1.29, 1.82) is 5.26 Å². The number of hydrogen-bond donors (Lipinski definition) is 2. The Kier molecular flexibility index (Phi) is 7.30. The third-order valence-electron chi connectivity index (χ3n) is 5.09. The maximum absolute atomic E-state index is 12.4. The highest BCUT2D eigenvalue weighted by atomic mass is 16.5. The lowest BCUT2D eigenvalue weighted by atomic mass is 10.0. The number of carbonyl (C=O) groups is 1. The van der Waals surface area contributed by atoms with Crippen molar-refractivity contribution in [2.45, 2.75) is 33.3 Å². The molecule has 0 atom stereocenters. The Morgan fingerprint density at radius 1 is 1.00 bits per heavy atom. The fourth-order valence-corrected chi connectivity index (χ4v) is 3.18. The molecule has 1 amide bonds. The van der Waals surface area contributed by atoms with Gasteiger partial charge in [0.05, 0.1) is 17.3 Å². The molecule has 32 heavy (non-hydrogen) atoms. The van der Waals surface area contributed by atoms with Crippen molar-refractivity contribution in [3.05, 3.63) is 107 Å². The van der Waals surface area contributed by atoms with Crippen LogP contribution in [-0.2, 0) is 6.61 Å². The Labute approximate surface area is 189 Å². The predicted molar refractivity (Wildman–Crippen MR) is 127 cm³/mol. The van der Waals surface area contributed by atoms with Crippen molar-refractivity contribution < 1.29 is 9.53 Å². The molecular weight excluding hydrogens is 398 g/mol. The average Bonchev–Trinajstić information content (AvgIpc) is 2.81. The number of carbonyl (C=O) groups excluding carboxylic acids is 1. The smallest absolute Gasteiger partial charge is 0.269 e. The molecule has 5 heteroatoms. The van der Waals surface area contributed by atoms with Crippen LogP contribution in [0.2, 0.25) is 0 Å². The van der Waals surface area contributed by atoms with Gasteiger partial charge in [-0.1, -0.05) is 56.8 Å². The van der Waals surface area contributed by atoms with Crippen LogP contribution in [0.15, 0.2) is 73.3 Å².